The predicted octanol–water partition coefficient (Wildman–Crippen LogP) is 4.03. The number of nitrogens with zero attached hydrogens (tertiary/aromatic N) is 7. The van der Waals surface area contributed by atoms with Crippen molar-refractivity contribution in [3.05, 3.63) is 53.3 Å². The van der Waals surface area contributed by atoms with Crippen LogP contribution in [0.4, 0.5) is 17.6 Å². The molecule has 2 bridgehead atoms. The summed E-state index contributed by atoms with van der Waals surface area (Å²) in [5.74, 6) is 2.65. The number of rotatable bonds is 8. The Balaban J connectivity index is 1.14. The third-order valence-corrected chi connectivity index (χ3v) is 9.33. The summed E-state index contributed by atoms with van der Waals surface area (Å²) in [5.41, 5.74) is 4.64. The van der Waals surface area contributed by atoms with E-state index in [0.717, 1.165) is 58.5 Å². The van der Waals surface area contributed by atoms with E-state index in [-0.39, 0.29) is 12.5 Å². The number of hydrogen-bond donors (Lipinski definition) is 2. The van der Waals surface area contributed by atoms with Gasteiger partial charge in [0.2, 0.25) is 5.95 Å². The van der Waals surface area contributed by atoms with Crippen LogP contribution in [-0.2, 0) is 0 Å². The number of piperazine rings is 1. The number of amides is 1. The average molecular weight is 571 g/mol. The van der Waals surface area contributed by atoms with Gasteiger partial charge in [-0.1, -0.05) is 0 Å². The van der Waals surface area contributed by atoms with Gasteiger partial charge in [0.05, 0.1) is 16.8 Å². The van der Waals surface area contributed by atoms with Crippen LogP contribution in [0.25, 0.3) is 20.8 Å². The van der Waals surface area contributed by atoms with Gasteiger partial charge in [0.15, 0.2) is 0 Å². The topological polar surface area (TPSA) is 111 Å². The molecule has 212 valence electrons. The molecule has 0 spiro atoms. The molecule has 5 heterocycles. The van der Waals surface area contributed by atoms with Crippen LogP contribution in [0.1, 0.15) is 46.8 Å². The molecule has 2 saturated heterocycles. The average Bonchev–Trinajstić information content (AvgIpc) is 3.42. The number of thiazole rings is 1. The van der Waals surface area contributed by atoms with E-state index in [2.05, 4.69) is 26.2 Å². The number of hydrogen-bond acceptors (Lipinski definition) is 10. The molecule has 2 aliphatic heterocycles. The van der Waals surface area contributed by atoms with E-state index in [4.69, 9.17) is 15.0 Å². The highest BCUT2D eigenvalue weighted by atomic mass is 32.1. The molecule has 3 fully saturated rings. The van der Waals surface area contributed by atoms with E-state index in [0.29, 0.717) is 35.2 Å². The van der Waals surface area contributed by atoms with Gasteiger partial charge in [-0.05, 0) is 55.9 Å². The van der Waals surface area contributed by atoms with Crippen LogP contribution >= 0.6 is 11.3 Å². The van der Waals surface area contributed by atoms with E-state index >= 15 is 0 Å². The number of aryl methyl sites for hydroxylation is 1. The van der Waals surface area contributed by atoms with E-state index in [9.17, 15) is 9.90 Å². The Bertz CT molecular complexity index is 1630. The largest absolute Gasteiger partial charge is 0.395 e. The van der Waals surface area contributed by atoms with Crippen LogP contribution in [0.3, 0.4) is 0 Å². The van der Waals surface area contributed by atoms with Crippen molar-refractivity contribution in [2.24, 2.45) is 0 Å². The minimum atomic E-state index is 0.00627. The number of aliphatic hydroxyl groups excluding tert-OH is 1. The van der Waals surface area contributed by atoms with Gasteiger partial charge in [-0.25, -0.2) is 15.0 Å². The Hall–Kier alpha value is -3.67. The second-order valence-electron chi connectivity index (χ2n) is 11.6. The minimum absolute atomic E-state index is 0.00627. The zero-order valence-corrected chi connectivity index (χ0v) is 24.4. The molecule has 2 atom stereocenters. The zero-order valence-electron chi connectivity index (χ0n) is 23.5. The number of aromatic nitrogens is 4. The number of benzene rings is 1. The fourth-order valence-electron chi connectivity index (χ4n) is 6.11. The van der Waals surface area contributed by atoms with Crippen molar-refractivity contribution >= 4 is 45.0 Å². The zero-order chi connectivity index (χ0) is 28.2. The summed E-state index contributed by atoms with van der Waals surface area (Å²) in [6.45, 7) is 4.72. The lowest BCUT2D eigenvalue weighted by Crippen LogP contribution is -2.47. The molecule has 1 amide bonds. The minimum Gasteiger partial charge on any atom is -0.395 e. The number of fused-ring (bicyclic) bond motifs is 3. The number of β-amino-alcohol motifs (C(OH)–C–C–N with tert-alkyl or cyclic N) is 1. The molecule has 41 heavy (non-hydrogen) atoms. The number of aliphatic hydroxyl groups is 1. The van der Waals surface area contributed by atoms with Crippen LogP contribution in [0.5, 0.6) is 0 Å². The number of carbonyl (C=O) groups is 1. The first-order valence-corrected chi connectivity index (χ1v) is 15.0. The van der Waals surface area contributed by atoms with Crippen molar-refractivity contribution in [1.82, 2.24) is 29.7 Å². The first-order valence-electron chi connectivity index (χ1n) is 14.2. The lowest BCUT2D eigenvalue weighted by Gasteiger charge is -2.34. The molecular formula is C30H34N8O2S. The summed E-state index contributed by atoms with van der Waals surface area (Å²) in [6, 6.07) is 10.9. The van der Waals surface area contributed by atoms with Crippen LogP contribution in [0.15, 0.2) is 36.5 Å². The highest BCUT2D eigenvalue weighted by molar-refractivity contribution is 7.21. The van der Waals surface area contributed by atoms with Crippen molar-refractivity contribution in [3.63, 3.8) is 0 Å². The lowest BCUT2D eigenvalue weighted by molar-refractivity contribution is 0.0827. The van der Waals surface area contributed by atoms with Gasteiger partial charge in [-0.15, -0.1) is 11.3 Å². The van der Waals surface area contributed by atoms with Crippen molar-refractivity contribution in [3.8, 4) is 10.6 Å². The van der Waals surface area contributed by atoms with Crippen molar-refractivity contribution in [2.75, 3.05) is 50.6 Å². The maximum absolute atomic E-state index is 12.8. The second kappa shape index (κ2) is 10.3. The molecule has 4 aromatic rings. The Labute approximate surface area is 243 Å². The maximum atomic E-state index is 12.8. The summed E-state index contributed by atoms with van der Waals surface area (Å²) in [4.78, 5) is 38.3. The Morgan fingerprint density at radius 3 is 2.66 bits per heavy atom. The van der Waals surface area contributed by atoms with Gasteiger partial charge in [0, 0.05) is 81.0 Å². The molecule has 0 radical (unpaired) electrons. The predicted molar refractivity (Wildman–Crippen MR) is 161 cm³/mol. The van der Waals surface area contributed by atoms with Crippen molar-refractivity contribution < 1.29 is 9.90 Å². The number of anilines is 3. The van der Waals surface area contributed by atoms with Crippen LogP contribution < -0.4 is 10.2 Å². The van der Waals surface area contributed by atoms with Crippen LogP contribution in [0, 0.1) is 6.92 Å². The van der Waals surface area contributed by atoms with Gasteiger partial charge in [-0.2, -0.15) is 4.98 Å². The highest BCUT2D eigenvalue weighted by Gasteiger charge is 2.44. The van der Waals surface area contributed by atoms with Gasteiger partial charge >= 0.3 is 0 Å². The third kappa shape index (κ3) is 5.13. The van der Waals surface area contributed by atoms with Gasteiger partial charge < -0.3 is 20.2 Å². The summed E-state index contributed by atoms with van der Waals surface area (Å²) < 4.78 is 0.989. The van der Waals surface area contributed by atoms with Crippen molar-refractivity contribution in [2.45, 2.75) is 44.2 Å². The molecular weight excluding hydrogens is 536 g/mol. The summed E-state index contributed by atoms with van der Waals surface area (Å²) in [6.07, 6.45) is 5.27. The Morgan fingerprint density at radius 1 is 1.07 bits per heavy atom. The molecule has 0 unspecified atom stereocenters. The summed E-state index contributed by atoms with van der Waals surface area (Å²) in [5, 5.41) is 13.6. The standard InChI is InChI=1S/C30H34N8O2S/c1-17-8-27(35-30(32-17)38-16-22-12-23(38)15-37(22)6-7-39)34-26-13-24-25(14-31-26)41-28(33-24)20-9-19(18-4-5-18)10-21(11-20)29(40)36(2)3/h8-11,13-14,18,22-23,39H,4-7,12,15-16H2,1-3H3,(H,31,32,34,35)/t22-,23-/m0/s1. The molecule has 10 nitrogen and oxygen atoms in total. The highest BCUT2D eigenvalue weighted by Crippen LogP contribution is 2.42. The SMILES string of the molecule is Cc1cc(Nc2cc3nc(-c4cc(C(=O)N(C)C)cc(C5CC5)c4)sc3cn2)nc(N2C[C@@H]3C[C@H]2CN3CCO)n1. The number of carbonyl (C=O) groups excluding carboxylic acids is 1. The monoisotopic (exact) mass is 570 g/mol. The lowest BCUT2D eigenvalue weighted by atomic mass is 10.0. The number of likely N-dealkylation sites (tertiary alicyclic amines) is 1. The maximum Gasteiger partial charge on any atom is 0.253 e. The molecule has 1 aromatic carbocycles. The molecule has 2 N–H and O–H groups in total. The van der Waals surface area contributed by atoms with Crippen LogP contribution in [-0.4, -0.2) is 93.2 Å². The van der Waals surface area contributed by atoms with Crippen LogP contribution in [0.2, 0.25) is 0 Å². The van der Waals surface area contributed by atoms with E-state index in [1.165, 1.54) is 18.4 Å². The molecule has 3 aliphatic rings. The first kappa shape index (κ1) is 26.2. The van der Waals surface area contributed by atoms with Crippen molar-refractivity contribution in [1.29, 1.82) is 0 Å². The van der Waals surface area contributed by atoms with Gasteiger partial charge in [0.25, 0.3) is 5.91 Å². The summed E-state index contributed by atoms with van der Waals surface area (Å²) in [7, 11) is 3.57. The third-order valence-electron chi connectivity index (χ3n) is 8.28. The van der Waals surface area contributed by atoms with E-state index in [1.54, 1.807) is 30.3 Å². The molecule has 11 heteroatoms. The molecule has 1 aliphatic carbocycles. The quantitative estimate of drug-likeness (QED) is 0.324. The number of nitrogens with one attached hydrogen (secondary N) is 1. The van der Waals surface area contributed by atoms with Gasteiger partial charge in [-0.3, -0.25) is 9.69 Å². The first-order chi connectivity index (χ1) is 19.8. The molecule has 7 rings (SSSR count). The summed E-state index contributed by atoms with van der Waals surface area (Å²) >= 11 is 1.59. The second-order valence-corrected chi connectivity index (χ2v) is 12.6. The van der Waals surface area contributed by atoms with Gasteiger partial charge in [0.1, 0.15) is 16.6 Å². The Morgan fingerprint density at radius 2 is 1.93 bits per heavy atom. The number of pyridine rings is 1. The fraction of sp³-hybridized carbons (Fsp3) is 0.433. The Kier molecular flexibility index (Phi) is 6.60. The molecule has 3 aromatic heterocycles. The molecule has 1 saturated carbocycles. The van der Waals surface area contributed by atoms with E-state index in [1.807, 2.05) is 37.4 Å². The van der Waals surface area contributed by atoms with E-state index < -0.39 is 0 Å². The smallest absolute Gasteiger partial charge is 0.253 e. The normalized spacial score (nSPS) is 20.2. The fourth-order valence-corrected chi connectivity index (χ4v) is 7.01.